The molecule has 0 atom stereocenters. The molecule has 1 N–H and O–H groups in total. The Morgan fingerprint density at radius 2 is 2.21 bits per heavy atom. The van der Waals surface area contributed by atoms with Crippen molar-refractivity contribution in [2.24, 2.45) is 7.05 Å². The highest BCUT2D eigenvalue weighted by molar-refractivity contribution is 5.67. The van der Waals surface area contributed by atoms with Crippen molar-refractivity contribution in [2.75, 3.05) is 0 Å². The van der Waals surface area contributed by atoms with Gasteiger partial charge in [-0.3, -0.25) is 4.79 Å². The van der Waals surface area contributed by atoms with E-state index in [0.29, 0.717) is 17.8 Å². The van der Waals surface area contributed by atoms with Crippen molar-refractivity contribution < 1.29 is 14.3 Å². The molecule has 19 heavy (non-hydrogen) atoms. The fourth-order valence-corrected chi connectivity index (χ4v) is 2.13. The van der Waals surface area contributed by atoms with Gasteiger partial charge in [0.1, 0.15) is 11.6 Å². The minimum absolute atomic E-state index is 0.0585. The average Bonchev–Trinajstić information content (AvgIpc) is 2.62. The third-order valence-electron chi connectivity index (χ3n) is 3.07. The first-order chi connectivity index (χ1) is 8.99. The van der Waals surface area contributed by atoms with Gasteiger partial charge in [-0.25, -0.2) is 9.37 Å². The lowest BCUT2D eigenvalue weighted by Crippen LogP contribution is -2.04. The zero-order valence-corrected chi connectivity index (χ0v) is 10.9. The molecule has 0 radical (unpaired) electrons. The molecule has 0 amide bonds. The Hall–Kier alpha value is -2.17. The summed E-state index contributed by atoms with van der Waals surface area (Å²) in [6.45, 7) is 1.83. The van der Waals surface area contributed by atoms with Crippen LogP contribution in [0.1, 0.15) is 17.8 Å². The Morgan fingerprint density at radius 3 is 2.84 bits per heavy atom. The van der Waals surface area contributed by atoms with Crippen molar-refractivity contribution >= 4 is 5.97 Å². The number of carboxylic acids is 1. The number of imidazole rings is 1. The molecule has 0 fully saturated rings. The van der Waals surface area contributed by atoms with Crippen molar-refractivity contribution in [1.29, 1.82) is 0 Å². The van der Waals surface area contributed by atoms with Crippen LogP contribution in [0, 0.1) is 12.7 Å². The molecule has 0 saturated carbocycles. The number of halogens is 1. The molecule has 4 nitrogen and oxygen atoms in total. The van der Waals surface area contributed by atoms with Crippen LogP contribution in [0.4, 0.5) is 4.39 Å². The molecule has 2 aromatic rings. The number of rotatable bonds is 4. The van der Waals surface area contributed by atoms with Gasteiger partial charge in [-0.05, 0) is 25.5 Å². The standard InChI is InChI=1S/C14H15FN2O2/c1-9-12(6-7-13(18)19)17(2)14(16-9)10-4-3-5-11(15)8-10/h3-5,8H,6-7H2,1-2H3,(H,18,19). The van der Waals surface area contributed by atoms with E-state index in [0.717, 1.165) is 11.4 Å². The fourth-order valence-electron chi connectivity index (χ4n) is 2.13. The van der Waals surface area contributed by atoms with Gasteiger partial charge in [-0.2, -0.15) is 0 Å². The predicted molar refractivity (Wildman–Crippen MR) is 69.3 cm³/mol. The third kappa shape index (κ3) is 2.81. The lowest BCUT2D eigenvalue weighted by atomic mass is 10.2. The molecule has 1 heterocycles. The number of aryl methyl sites for hydroxylation is 1. The lowest BCUT2D eigenvalue weighted by Gasteiger charge is -2.05. The van der Waals surface area contributed by atoms with E-state index < -0.39 is 5.97 Å². The Morgan fingerprint density at radius 1 is 1.47 bits per heavy atom. The molecule has 1 aromatic heterocycles. The third-order valence-corrected chi connectivity index (χ3v) is 3.07. The summed E-state index contributed by atoms with van der Waals surface area (Å²) in [6.07, 6.45) is 0.475. The second-order valence-corrected chi connectivity index (χ2v) is 4.43. The van der Waals surface area contributed by atoms with Gasteiger partial charge in [-0.15, -0.1) is 0 Å². The fraction of sp³-hybridized carbons (Fsp3) is 0.286. The predicted octanol–water partition coefficient (Wildman–Crippen LogP) is 2.55. The number of nitrogens with zero attached hydrogens (tertiary/aromatic N) is 2. The van der Waals surface area contributed by atoms with Gasteiger partial charge in [0.15, 0.2) is 0 Å². The van der Waals surface area contributed by atoms with Crippen LogP contribution in [0.25, 0.3) is 11.4 Å². The zero-order chi connectivity index (χ0) is 14.0. The number of carbonyl (C=O) groups is 1. The van der Waals surface area contributed by atoms with Crippen LogP contribution in [0.15, 0.2) is 24.3 Å². The molecule has 2 rings (SSSR count). The van der Waals surface area contributed by atoms with E-state index in [9.17, 15) is 9.18 Å². The highest BCUT2D eigenvalue weighted by Crippen LogP contribution is 2.22. The van der Waals surface area contributed by atoms with E-state index in [2.05, 4.69) is 4.98 Å². The Bertz CT molecular complexity index is 620. The van der Waals surface area contributed by atoms with Gasteiger partial charge in [0, 0.05) is 18.3 Å². The highest BCUT2D eigenvalue weighted by Gasteiger charge is 2.14. The number of benzene rings is 1. The molecule has 0 saturated heterocycles. The van der Waals surface area contributed by atoms with Crippen molar-refractivity contribution in [1.82, 2.24) is 9.55 Å². The minimum Gasteiger partial charge on any atom is -0.481 e. The number of hydrogen-bond acceptors (Lipinski definition) is 2. The molecule has 5 heteroatoms. The molecule has 0 unspecified atom stereocenters. The summed E-state index contributed by atoms with van der Waals surface area (Å²) in [5, 5.41) is 8.74. The van der Waals surface area contributed by atoms with Gasteiger partial charge in [0.2, 0.25) is 0 Å². The first-order valence-electron chi connectivity index (χ1n) is 5.99. The molecular weight excluding hydrogens is 247 g/mol. The summed E-state index contributed by atoms with van der Waals surface area (Å²) >= 11 is 0. The Labute approximate surface area is 110 Å². The number of aliphatic carboxylic acids is 1. The number of hydrogen-bond donors (Lipinski definition) is 1. The van der Waals surface area contributed by atoms with E-state index in [1.54, 1.807) is 12.1 Å². The maximum Gasteiger partial charge on any atom is 0.303 e. The maximum absolute atomic E-state index is 13.2. The van der Waals surface area contributed by atoms with Crippen LogP contribution in [0.5, 0.6) is 0 Å². The minimum atomic E-state index is -0.840. The van der Waals surface area contributed by atoms with Gasteiger partial charge in [-0.1, -0.05) is 12.1 Å². The normalized spacial score (nSPS) is 10.7. The van der Waals surface area contributed by atoms with E-state index in [4.69, 9.17) is 5.11 Å². The molecule has 0 spiro atoms. The van der Waals surface area contributed by atoms with Crippen LogP contribution in [0.3, 0.4) is 0 Å². The van der Waals surface area contributed by atoms with E-state index in [1.165, 1.54) is 12.1 Å². The quantitative estimate of drug-likeness (QED) is 0.921. The smallest absolute Gasteiger partial charge is 0.303 e. The number of aromatic nitrogens is 2. The summed E-state index contributed by atoms with van der Waals surface area (Å²) in [5.41, 5.74) is 2.33. The molecule has 1 aromatic carbocycles. The summed E-state index contributed by atoms with van der Waals surface area (Å²) in [5.74, 6) is -0.504. The highest BCUT2D eigenvalue weighted by atomic mass is 19.1. The first kappa shape index (κ1) is 13.3. The van der Waals surface area contributed by atoms with E-state index >= 15 is 0 Å². The summed E-state index contributed by atoms with van der Waals surface area (Å²) in [7, 11) is 1.82. The van der Waals surface area contributed by atoms with Crippen molar-refractivity contribution in [3.63, 3.8) is 0 Å². The summed E-state index contributed by atoms with van der Waals surface area (Å²) < 4.78 is 15.1. The number of carboxylic acid groups (broad SMARTS) is 1. The monoisotopic (exact) mass is 262 g/mol. The molecule has 100 valence electrons. The summed E-state index contributed by atoms with van der Waals surface area (Å²) in [4.78, 5) is 15.0. The zero-order valence-electron chi connectivity index (χ0n) is 10.9. The second kappa shape index (κ2) is 5.22. The van der Waals surface area contributed by atoms with E-state index in [1.807, 2.05) is 18.5 Å². The average molecular weight is 262 g/mol. The molecule has 0 bridgehead atoms. The van der Waals surface area contributed by atoms with Crippen LogP contribution < -0.4 is 0 Å². The summed E-state index contributed by atoms with van der Waals surface area (Å²) in [6, 6.07) is 6.21. The molecule has 0 aliphatic heterocycles. The van der Waals surface area contributed by atoms with Gasteiger partial charge < -0.3 is 9.67 Å². The topological polar surface area (TPSA) is 55.1 Å². The SMILES string of the molecule is Cc1nc(-c2cccc(F)c2)n(C)c1CCC(=O)O. The van der Waals surface area contributed by atoms with Crippen molar-refractivity contribution in [3.8, 4) is 11.4 Å². The van der Waals surface area contributed by atoms with Gasteiger partial charge in [0.05, 0.1) is 12.1 Å². The lowest BCUT2D eigenvalue weighted by molar-refractivity contribution is -0.136. The largest absolute Gasteiger partial charge is 0.481 e. The van der Waals surface area contributed by atoms with Crippen LogP contribution in [-0.4, -0.2) is 20.6 Å². The van der Waals surface area contributed by atoms with Crippen molar-refractivity contribution in [3.05, 3.63) is 41.5 Å². The van der Waals surface area contributed by atoms with Gasteiger partial charge >= 0.3 is 5.97 Å². The maximum atomic E-state index is 13.2. The van der Waals surface area contributed by atoms with Crippen LogP contribution in [0.2, 0.25) is 0 Å². The van der Waals surface area contributed by atoms with Crippen LogP contribution >= 0.6 is 0 Å². The second-order valence-electron chi connectivity index (χ2n) is 4.43. The van der Waals surface area contributed by atoms with Crippen molar-refractivity contribution in [2.45, 2.75) is 19.8 Å². The first-order valence-corrected chi connectivity index (χ1v) is 5.99. The Balaban J connectivity index is 2.38. The van der Waals surface area contributed by atoms with Gasteiger partial charge in [0.25, 0.3) is 0 Å². The van der Waals surface area contributed by atoms with E-state index in [-0.39, 0.29) is 12.2 Å². The Kier molecular flexibility index (Phi) is 3.64. The molecule has 0 aliphatic rings. The molecule has 0 aliphatic carbocycles. The molecular formula is C14H15FN2O2. The van der Waals surface area contributed by atoms with Crippen LogP contribution in [-0.2, 0) is 18.3 Å².